The van der Waals surface area contributed by atoms with Crippen molar-refractivity contribution >= 4 is 17.3 Å². The molecule has 0 fully saturated rings. The maximum Gasteiger partial charge on any atom is 0.311 e. The molecule has 156 valence electrons. The number of benzene rings is 2. The molecule has 2 aromatic heterocycles. The maximum atomic E-state index is 14.3. The third-order valence-corrected chi connectivity index (χ3v) is 4.26. The molecule has 0 aliphatic rings. The molecule has 31 heavy (non-hydrogen) atoms. The highest BCUT2D eigenvalue weighted by Gasteiger charge is 2.20. The summed E-state index contributed by atoms with van der Waals surface area (Å²) >= 11 is 0. The first kappa shape index (κ1) is 19.8. The molecule has 0 atom stereocenters. The van der Waals surface area contributed by atoms with E-state index >= 15 is 0 Å². The SMILES string of the molecule is COc1ccc(C(=O)Nc2cc(-c3nnc(-c4ccco4)o3)ccc2F)cc1[N+](=O)[O-]. The predicted molar refractivity (Wildman–Crippen MR) is 105 cm³/mol. The van der Waals surface area contributed by atoms with Crippen molar-refractivity contribution in [3.05, 3.63) is 76.3 Å². The summed E-state index contributed by atoms with van der Waals surface area (Å²) in [6.07, 6.45) is 1.45. The highest BCUT2D eigenvalue weighted by molar-refractivity contribution is 6.05. The average molecular weight is 424 g/mol. The number of aromatic nitrogens is 2. The van der Waals surface area contributed by atoms with Crippen molar-refractivity contribution in [1.82, 2.24) is 10.2 Å². The molecule has 4 rings (SSSR count). The molecule has 0 aliphatic carbocycles. The summed E-state index contributed by atoms with van der Waals surface area (Å²) in [6, 6.07) is 10.8. The van der Waals surface area contributed by atoms with E-state index in [1.54, 1.807) is 12.1 Å². The third-order valence-electron chi connectivity index (χ3n) is 4.26. The first-order valence-corrected chi connectivity index (χ1v) is 8.77. The lowest BCUT2D eigenvalue weighted by Gasteiger charge is -2.08. The standard InChI is InChI=1S/C20H13FN4O6/c1-29-16-7-5-11(10-15(16)25(27)28)18(26)22-14-9-12(4-6-13(14)21)19-23-24-20(31-19)17-3-2-8-30-17/h2-10H,1H3,(H,22,26). The Labute approximate surface area is 173 Å². The number of nitro groups is 1. The van der Waals surface area contributed by atoms with Gasteiger partial charge in [0.05, 0.1) is 24.0 Å². The number of hydrogen-bond acceptors (Lipinski definition) is 8. The van der Waals surface area contributed by atoms with Gasteiger partial charge in [0.1, 0.15) is 5.82 Å². The van der Waals surface area contributed by atoms with Gasteiger partial charge in [-0.15, -0.1) is 10.2 Å². The topological polar surface area (TPSA) is 134 Å². The van der Waals surface area contributed by atoms with Crippen LogP contribution in [0, 0.1) is 15.9 Å². The van der Waals surface area contributed by atoms with Gasteiger partial charge in [-0.1, -0.05) is 0 Å². The van der Waals surface area contributed by atoms with Gasteiger partial charge in [-0.25, -0.2) is 4.39 Å². The van der Waals surface area contributed by atoms with E-state index < -0.39 is 16.6 Å². The minimum atomic E-state index is -0.747. The molecule has 0 spiro atoms. The molecule has 11 heteroatoms. The van der Waals surface area contributed by atoms with E-state index in [1.807, 2.05) is 0 Å². The number of furan rings is 1. The van der Waals surface area contributed by atoms with Crippen molar-refractivity contribution in [3.8, 4) is 28.9 Å². The van der Waals surface area contributed by atoms with Gasteiger partial charge in [0.25, 0.3) is 11.8 Å². The first-order chi connectivity index (χ1) is 15.0. The maximum absolute atomic E-state index is 14.3. The Morgan fingerprint density at radius 2 is 1.97 bits per heavy atom. The fourth-order valence-electron chi connectivity index (χ4n) is 2.76. The van der Waals surface area contributed by atoms with E-state index in [0.29, 0.717) is 11.3 Å². The minimum Gasteiger partial charge on any atom is -0.490 e. The summed E-state index contributed by atoms with van der Waals surface area (Å²) in [7, 11) is 1.28. The number of hydrogen-bond donors (Lipinski definition) is 1. The summed E-state index contributed by atoms with van der Waals surface area (Å²) in [4.78, 5) is 23.0. The summed E-state index contributed by atoms with van der Waals surface area (Å²) in [5.41, 5.74) is -0.252. The third kappa shape index (κ3) is 3.96. The number of anilines is 1. The molecule has 0 saturated heterocycles. The van der Waals surface area contributed by atoms with Crippen LogP contribution in [0.5, 0.6) is 5.75 Å². The number of amides is 1. The first-order valence-electron chi connectivity index (χ1n) is 8.77. The van der Waals surface area contributed by atoms with Crippen LogP contribution in [0.15, 0.2) is 63.6 Å². The molecule has 4 aromatic rings. The van der Waals surface area contributed by atoms with E-state index in [-0.39, 0.29) is 34.5 Å². The molecule has 1 amide bonds. The summed E-state index contributed by atoms with van der Waals surface area (Å²) < 4.78 is 29.9. The fourth-order valence-corrected chi connectivity index (χ4v) is 2.76. The van der Waals surface area contributed by atoms with Crippen LogP contribution in [0.4, 0.5) is 15.8 Å². The van der Waals surface area contributed by atoms with Crippen molar-refractivity contribution in [2.45, 2.75) is 0 Å². The van der Waals surface area contributed by atoms with Crippen LogP contribution in [0.25, 0.3) is 23.1 Å². The summed E-state index contributed by atoms with van der Waals surface area (Å²) in [5, 5.41) is 21.3. The monoisotopic (exact) mass is 424 g/mol. The van der Waals surface area contributed by atoms with Gasteiger partial charge in [0.2, 0.25) is 5.89 Å². The van der Waals surface area contributed by atoms with Crippen LogP contribution >= 0.6 is 0 Å². The highest BCUT2D eigenvalue weighted by Crippen LogP contribution is 2.30. The van der Waals surface area contributed by atoms with Gasteiger partial charge in [-0.05, 0) is 42.5 Å². The van der Waals surface area contributed by atoms with Gasteiger partial charge < -0.3 is 18.9 Å². The molecule has 0 saturated carbocycles. The molecule has 10 nitrogen and oxygen atoms in total. The number of halogens is 1. The molecule has 0 bridgehead atoms. The summed E-state index contributed by atoms with van der Waals surface area (Å²) in [5.74, 6) is -0.870. The molecule has 0 radical (unpaired) electrons. The van der Waals surface area contributed by atoms with Crippen molar-refractivity contribution in [2.24, 2.45) is 0 Å². The highest BCUT2D eigenvalue weighted by atomic mass is 19.1. The zero-order valence-electron chi connectivity index (χ0n) is 15.9. The van der Waals surface area contributed by atoms with Crippen LogP contribution in [0.2, 0.25) is 0 Å². The average Bonchev–Trinajstić information content (AvgIpc) is 3.46. The van der Waals surface area contributed by atoms with Crippen LogP contribution in [0.3, 0.4) is 0 Å². The second-order valence-corrected chi connectivity index (χ2v) is 6.18. The van der Waals surface area contributed by atoms with Gasteiger partial charge >= 0.3 is 5.69 Å². The van der Waals surface area contributed by atoms with E-state index in [4.69, 9.17) is 13.6 Å². The Morgan fingerprint density at radius 3 is 2.68 bits per heavy atom. The van der Waals surface area contributed by atoms with Crippen molar-refractivity contribution in [3.63, 3.8) is 0 Å². The lowest BCUT2D eigenvalue weighted by molar-refractivity contribution is -0.385. The van der Waals surface area contributed by atoms with Crippen molar-refractivity contribution in [2.75, 3.05) is 12.4 Å². The number of rotatable bonds is 6. The zero-order valence-corrected chi connectivity index (χ0v) is 15.9. The van der Waals surface area contributed by atoms with Crippen molar-refractivity contribution in [1.29, 1.82) is 0 Å². The normalized spacial score (nSPS) is 10.6. The molecular formula is C20H13FN4O6. The summed E-state index contributed by atoms with van der Waals surface area (Å²) in [6.45, 7) is 0. The van der Waals surface area contributed by atoms with E-state index in [2.05, 4.69) is 15.5 Å². The Balaban J connectivity index is 1.60. The van der Waals surface area contributed by atoms with E-state index in [9.17, 15) is 19.3 Å². The number of nitro benzene ring substituents is 1. The van der Waals surface area contributed by atoms with Gasteiger partial charge in [0.15, 0.2) is 11.5 Å². The fraction of sp³-hybridized carbons (Fsp3) is 0.0500. The molecular weight excluding hydrogens is 411 g/mol. The van der Waals surface area contributed by atoms with Crippen LogP contribution < -0.4 is 10.1 Å². The predicted octanol–water partition coefficient (Wildman–Crippen LogP) is 4.30. The number of methoxy groups -OCH3 is 1. The van der Waals surface area contributed by atoms with Crippen LogP contribution in [0.1, 0.15) is 10.4 Å². The number of nitrogens with zero attached hydrogens (tertiary/aromatic N) is 3. The Kier molecular flexibility index (Phi) is 5.14. The van der Waals surface area contributed by atoms with Crippen molar-refractivity contribution < 1.29 is 27.7 Å². The largest absolute Gasteiger partial charge is 0.490 e. The number of carbonyl (C=O) groups excluding carboxylic acids is 1. The minimum absolute atomic E-state index is 0.00140. The number of nitrogens with one attached hydrogen (secondary N) is 1. The van der Waals surface area contributed by atoms with Crippen LogP contribution in [-0.2, 0) is 0 Å². The molecule has 2 aromatic carbocycles. The van der Waals surface area contributed by atoms with E-state index in [1.165, 1.54) is 37.6 Å². The molecule has 0 aliphatic heterocycles. The lowest BCUT2D eigenvalue weighted by atomic mass is 10.1. The second-order valence-electron chi connectivity index (χ2n) is 6.18. The number of ether oxygens (including phenoxy) is 1. The number of carbonyl (C=O) groups is 1. The van der Waals surface area contributed by atoms with Gasteiger partial charge in [0, 0.05) is 17.2 Å². The Bertz CT molecular complexity index is 1270. The van der Waals surface area contributed by atoms with E-state index in [0.717, 1.165) is 12.1 Å². The Hall–Kier alpha value is -4.54. The molecule has 2 heterocycles. The quantitative estimate of drug-likeness (QED) is 0.358. The molecule has 0 unspecified atom stereocenters. The Morgan fingerprint density at radius 1 is 1.16 bits per heavy atom. The van der Waals surface area contributed by atoms with Gasteiger partial charge in [-0.2, -0.15) is 0 Å². The van der Waals surface area contributed by atoms with Crippen LogP contribution in [-0.4, -0.2) is 28.1 Å². The lowest BCUT2D eigenvalue weighted by Crippen LogP contribution is -2.13. The smallest absolute Gasteiger partial charge is 0.311 e. The second kappa shape index (κ2) is 8.06. The molecule has 1 N–H and O–H groups in total. The van der Waals surface area contributed by atoms with Gasteiger partial charge in [-0.3, -0.25) is 14.9 Å². The zero-order chi connectivity index (χ0) is 22.0.